The van der Waals surface area contributed by atoms with Crippen molar-refractivity contribution in [1.82, 2.24) is 9.91 Å². The standard InChI is InChI=1S/C17H22N4O2/c1-13-4-3-5-14(12-13)20-8-10-21(11-9-20)17(23)15-6-7-16(22)19(2)18-15/h3-5,12H,6-11H2,1-2H3. The van der Waals surface area contributed by atoms with E-state index < -0.39 is 0 Å². The molecule has 1 fully saturated rings. The molecule has 2 aliphatic rings. The highest BCUT2D eigenvalue weighted by atomic mass is 16.2. The second-order valence-corrected chi connectivity index (χ2v) is 6.08. The second-order valence-electron chi connectivity index (χ2n) is 6.08. The number of benzene rings is 1. The van der Waals surface area contributed by atoms with Crippen molar-refractivity contribution in [2.45, 2.75) is 19.8 Å². The van der Waals surface area contributed by atoms with Crippen LogP contribution in [0.5, 0.6) is 0 Å². The van der Waals surface area contributed by atoms with Gasteiger partial charge in [0.2, 0.25) is 5.91 Å². The zero-order valence-corrected chi connectivity index (χ0v) is 13.7. The summed E-state index contributed by atoms with van der Waals surface area (Å²) in [6.45, 7) is 5.09. The Labute approximate surface area is 136 Å². The Bertz CT molecular complexity index is 648. The van der Waals surface area contributed by atoms with Gasteiger partial charge in [-0.2, -0.15) is 5.10 Å². The van der Waals surface area contributed by atoms with Crippen molar-refractivity contribution < 1.29 is 9.59 Å². The number of nitrogens with zero attached hydrogens (tertiary/aromatic N) is 4. The fourth-order valence-corrected chi connectivity index (χ4v) is 3.00. The Morgan fingerprint density at radius 3 is 2.52 bits per heavy atom. The van der Waals surface area contributed by atoms with Crippen LogP contribution in [-0.2, 0) is 9.59 Å². The van der Waals surface area contributed by atoms with Crippen LogP contribution in [0, 0.1) is 6.92 Å². The first-order valence-electron chi connectivity index (χ1n) is 7.99. The van der Waals surface area contributed by atoms with Crippen LogP contribution >= 0.6 is 0 Å². The Morgan fingerprint density at radius 1 is 1.13 bits per heavy atom. The van der Waals surface area contributed by atoms with Gasteiger partial charge in [-0.1, -0.05) is 12.1 Å². The van der Waals surface area contributed by atoms with Crippen molar-refractivity contribution in [3.8, 4) is 0 Å². The SMILES string of the molecule is Cc1cccc(N2CCN(C(=O)C3=NN(C)C(=O)CC3)CC2)c1. The van der Waals surface area contributed by atoms with Crippen molar-refractivity contribution in [2.75, 3.05) is 38.1 Å². The van der Waals surface area contributed by atoms with Crippen molar-refractivity contribution in [1.29, 1.82) is 0 Å². The van der Waals surface area contributed by atoms with Gasteiger partial charge in [0.25, 0.3) is 5.91 Å². The van der Waals surface area contributed by atoms with Gasteiger partial charge >= 0.3 is 0 Å². The minimum Gasteiger partial charge on any atom is -0.368 e. The van der Waals surface area contributed by atoms with Gasteiger partial charge in [0.1, 0.15) is 5.71 Å². The van der Waals surface area contributed by atoms with Crippen LogP contribution in [0.3, 0.4) is 0 Å². The maximum Gasteiger partial charge on any atom is 0.270 e. The molecule has 0 saturated carbocycles. The molecule has 23 heavy (non-hydrogen) atoms. The minimum absolute atomic E-state index is 0.0340. The summed E-state index contributed by atoms with van der Waals surface area (Å²) >= 11 is 0. The summed E-state index contributed by atoms with van der Waals surface area (Å²) in [5.74, 6) is -0.0703. The fourth-order valence-electron chi connectivity index (χ4n) is 3.00. The maximum atomic E-state index is 12.5. The van der Waals surface area contributed by atoms with Crippen LogP contribution in [0.2, 0.25) is 0 Å². The molecule has 2 aliphatic heterocycles. The Balaban J connectivity index is 1.62. The first kappa shape index (κ1) is 15.5. The first-order valence-corrected chi connectivity index (χ1v) is 7.99. The molecule has 0 spiro atoms. The molecule has 2 amide bonds. The number of carbonyl (C=O) groups is 2. The molecule has 0 aromatic heterocycles. The Morgan fingerprint density at radius 2 is 1.87 bits per heavy atom. The normalized spacial score (nSPS) is 19.0. The lowest BCUT2D eigenvalue weighted by Gasteiger charge is -2.36. The van der Waals surface area contributed by atoms with E-state index in [-0.39, 0.29) is 11.8 Å². The highest BCUT2D eigenvalue weighted by Gasteiger charge is 2.28. The largest absolute Gasteiger partial charge is 0.368 e. The number of rotatable bonds is 2. The summed E-state index contributed by atoms with van der Waals surface area (Å²) in [4.78, 5) is 28.1. The number of anilines is 1. The smallest absolute Gasteiger partial charge is 0.270 e. The van der Waals surface area contributed by atoms with E-state index in [1.54, 1.807) is 7.05 Å². The Kier molecular flexibility index (Phi) is 4.32. The summed E-state index contributed by atoms with van der Waals surface area (Å²) < 4.78 is 0. The molecule has 6 nitrogen and oxygen atoms in total. The molecule has 0 aliphatic carbocycles. The van der Waals surface area contributed by atoms with Gasteiger partial charge in [-0.25, -0.2) is 5.01 Å². The molecule has 0 bridgehead atoms. The monoisotopic (exact) mass is 314 g/mol. The van der Waals surface area contributed by atoms with E-state index in [4.69, 9.17) is 0 Å². The van der Waals surface area contributed by atoms with Crippen molar-refractivity contribution >= 4 is 23.2 Å². The van der Waals surface area contributed by atoms with Crippen molar-refractivity contribution in [3.63, 3.8) is 0 Å². The predicted octanol–water partition coefficient (Wildman–Crippen LogP) is 1.25. The molecular weight excluding hydrogens is 292 g/mol. The molecule has 1 saturated heterocycles. The van der Waals surface area contributed by atoms with Crippen LogP contribution in [0.4, 0.5) is 5.69 Å². The van der Waals surface area contributed by atoms with E-state index in [9.17, 15) is 9.59 Å². The zero-order valence-electron chi connectivity index (χ0n) is 13.7. The van der Waals surface area contributed by atoms with E-state index in [2.05, 4.69) is 41.2 Å². The van der Waals surface area contributed by atoms with E-state index >= 15 is 0 Å². The van der Waals surface area contributed by atoms with Crippen LogP contribution in [0.15, 0.2) is 29.4 Å². The molecule has 122 valence electrons. The average molecular weight is 314 g/mol. The van der Waals surface area contributed by atoms with Gasteiger partial charge in [0.05, 0.1) is 0 Å². The van der Waals surface area contributed by atoms with Gasteiger partial charge in [0, 0.05) is 51.8 Å². The first-order chi connectivity index (χ1) is 11.0. The quantitative estimate of drug-likeness (QED) is 0.825. The third-order valence-corrected chi connectivity index (χ3v) is 4.39. The van der Waals surface area contributed by atoms with E-state index in [0.29, 0.717) is 31.6 Å². The highest BCUT2D eigenvalue weighted by molar-refractivity contribution is 6.39. The number of piperazine rings is 1. The molecule has 0 radical (unpaired) electrons. The van der Waals surface area contributed by atoms with E-state index in [0.717, 1.165) is 13.1 Å². The summed E-state index contributed by atoms with van der Waals surface area (Å²) in [6.07, 6.45) is 0.810. The fraction of sp³-hybridized carbons (Fsp3) is 0.471. The number of hydrogen-bond acceptors (Lipinski definition) is 4. The minimum atomic E-state index is -0.0363. The number of hydrazone groups is 1. The van der Waals surface area contributed by atoms with Crippen LogP contribution in [0.25, 0.3) is 0 Å². The molecular formula is C17H22N4O2. The highest BCUT2D eigenvalue weighted by Crippen LogP contribution is 2.18. The summed E-state index contributed by atoms with van der Waals surface area (Å²) in [5.41, 5.74) is 2.94. The number of amides is 2. The molecule has 1 aromatic carbocycles. The average Bonchev–Trinajstić information content (AvgIpc) is 2.57. The topological polar surface area (TPSA) is 56.2 Å². The molecule has 0 unspecified atom stereocenters. The van der Waals surface area contributed by atoms with Gasteiger partial charge < -0.3 is 9.80 Å². The second kappa shape index (κ2) is 6.40. The van der Waals surface area contributed by atoms with Crippen molar-refractivity contribution in [3.05, 3.63) is 29.8 Å². The van der Waals surface area contributed by atoms with Crippen LogP contribution in [-0.4, -0.2) is 60.7 Å². The Hall–Kier alpha value is -2.37. The predicted molar refractivity (Wildman–Crippen MR) is 89.4 cm³/mol. The van der Waals surface area contributed by atoms with Gasteiger partial charge in [-0.3, -0.25) is 9.59 Å². The molecule has 3 rings (SSSR count). The molecule has 1 aromatic rings. The third-order valence-electron chi connectivity index (χ3n) is 4.39. The molecule has 6 heteroatoms. The number of hydrogen-bond donors (Lipinski definition) is 0. The lowest BCUT2D eigenvalue weighted by atomic mass is 10.1. The molecule has 2 heterocycles. The third kappa shape index (κ3) is 3.36. The lowest BCUT2D eigenvalue weighted by molar-refractivity contribution is -0.130. The summed E-state index contributed by atoms with van der Waals surface area (Å²) in [6, 6.07) is 8.42. The molecule has 0 N–H and O–H groups in total. The number of aryl methyl sites for hydroxylation is 1. The molecule has 0 atom stereocenters. The number of carbonyl (C=O) groups excluding carboxylic acids is 2. The summed E-state index contributed by atoms with van der Waals surface area (Å²) in [5, 5.41) is 5.40. The summed E-state index contributed by atoms with van der Waals surface area (Å²) in [7, 11) is 1.60. The lowest BCUT2D eigenvalue weighted by Crippen LogP contribution is -2.51. The van der Waals surface area contributed by atoms with E-state index in [1.807, 2.05) is 4.90 Å². The van der Waals surface area contributed by atoms with E-state index in [1.165, 1.54) is 16.3 Å². The van der Waals surface area contributed by atoms with Crippen LogP contribution < -0.4 is 4.90 Å². The van der Waals surface area contributed by atoms with Gasteiger partial charge in [0.15, 0.2) is 0 Å². The maximum absolute atomic E-state index is 12.5. The van der Waals surface area contributed by atoms with Gasteiger partial charge in [-0.15, -0.1) is 0 Å². The van der Waals surface area contributed by atoms with Crippen LogP contribution in [0.1, 0.15) is 18.4 Å². The van der Waals surface area contributed by atoms with Crippen molar-refractivity contribution in [2.24, 2.45) is 5.10 Å². The van der Waals surface area contributed by atoms with Gasteiger partial charge in [-0.05, 0) is 24.6 Å². The zero-order chi connectivity index (χ0) is 16.4.